The Kier molecular flexibility index (Phi) is 3.77. The summed E-state index contributed by atoms with van der Waals surface area (Å²) in [6.07, 6.45) is 6.55. The van der Waals surface area contributed by atoms with Gasteiger partial charge >= 0.3 is 5.97 Å². The molecule has 0 saturated heterocycles. The van der Waals surface area contributed by atoms with Crippen LogP contribution >= 0.6 is 11.8 Å². The minimum absolute atomic E-state index is 0.262. The van der Waals surface area contributed by atoms with Gasteiger partial charge in [-0.15, -0.1) is 16.9 Å². The van der Waals surface area contributed by atoms with Crippen molar-refractivity contribution in [3.05, 3.63) is 17.8 Å². The number of thioether (sulfide) groups is 1. The Hall–Kier alpha value is -1.10. The van der Waals surface area contributed by atoms with Crippen molar-refractivity contribution >= 4 is 17.7 Å². The lowest BCUT2D eigenvalue weighted by atomic mass is 10.1. The first kappa shape index (κ1) is 11.4. The first-order valence-electron chi connectivity index (χ1n) is 5.45. The summed E-state index contributed by atoms with van der Waals surface area (Å²) in [4.78, 5) is 10.9. The highest BCUT2D eigenvalue weighted by atomic mass is 32.2. The molecular formula is C11H14N2O2S. The number of hydrogen-bond acceptors (Lipinski definition) is 4. The highest BCUT2D eigenvalue weighted by Crippen LogP contribution is 2.31. The number of hydrogen-bond donors (Lipinski definition) is 1. The summed E-state index contributed by atoms with van der Waals surface area (Å²) in [7, 11) is 0. The van der Waals surface area contributed by atoms with E-state index < -0.39 is 5.97 Å². The molecule has 0 unspecified atom stereocenters. The third-order valence-electron chi connectivity index (χ3n) is 2.85. The van der Waals surface area contributed by atoms with Crippen molar-refractivity contribution in [3.63, 3.8) is 0 Å². The SMILES string of the molecule is O=C(O)c1ccnnc1SCC1CCCC1. The molecule has 1 aliphatic rings. The molecule has 1 aliphatic carbocycles. The maximum Gasteiger partial charge on any atom is 0.338 e. The summed E-state index contributed by atoms with van der Waals surface area (Å²) in [6, 6.07) is 1.51. The molecule has 1 aromatic rings. The van der Waals surface area contributed by atoms with Crippen LogP contribution in [0.4, 0.5) is 0 Å². The molecule has 86 valence electrons. The fourth-order valence-corrected chi connectivity index (χ4v) is 3.10. The topological polar surface area (TPSA) is 63.1 Å². The molecule has 2 rings (SSSR count). The van der Waals surface area contributed by atoms with Gasteiger partial charge in [0.15, 0.2) is 0 Å². The summed E-state index contributed by atoms with van der Waals surface area (Å²) >= 11 is 1.52. The van der Waals surface area contributed by atoms with Gasteiger partial charge < -0.3 is 5.11 Å². The van der Waals surface area contributed by atoms with Crippen LogP contribution in [0.3, 0.4) is 0 Å². The molecular weight excluding hydrogens is 224 g/mol. The molecule has 1 fully saturated rings. The van der Waals surface area contributed by atoms with Crippen molar-refractivity contribution in [3.8, 4) is 0 Å². The summed E-state index contributed by atoms with van der Waals surface area (Å²) in [5.74, 6) is 0.747. The van der Waals surface area contributed by atoms with Crippen LogP contribution in [0.15, 0.2) is 17.3 Å². The van der Waals surface area contributed by atoms with Crippen LogP contribution in [0.25, 0.3) is 0 Å². The van der Waals surface area contributed by atoms with Crippen molar-refractivity contribution in [2.45, 2.75) is 30.7 Å². The lowest BCUT2D eigenvalue weighted by Crippen LogP contribution is -2.04. The largest absolute Gasteiger partial charge is 0.478 e. The van der Waals surface area contributed by atoms with Crippen molar-refractivity contribution in [2.24, 2.45) is 5.92 Å². The Morgan fingerprint density at radius 3 is 2.94 bits per heavy atom. The first-order chi connectivity index (χ1) is 7.77. The second kappa shape index (κ2) is 5.30. The molecule has 0 spiro atoms. The molecule has 0 radical (unpaired) electrons. The van der Waals surface area contributed by atoms with Gasteiger partial charge in [0.05, 0.1) is 11.8 Å². The predicted molar refractivity (Wildman–Crippen MR) is 61.7 cm³/mol. The average Bonchev–Trinajstić information content (AvgIpc) is 2.79. The van der Waals surface area contributed by atoms with Crippen LogP contribution in [-0.2, 0) is 0 Å². The van der Waals surface area contributed by atoms with Crippen molar-refractivity contribution in [1.29, 1.82) is 0 Å². The zero-order valence-corrected chi connectivity index (χ0v) is 9.74. The molecule has 0 atom stereocenters. The molecule has 4 nitrogen and oxygen atoms in total. The summed E-state index contributed by atoms with van der Waals surface area (Å²) in [5, 5.41) is 17.2. The highest BCUT2D eigenvalue weighted by molar-refractivity contribution is 7.99. The van der Waals surface area contributed by atoms with E-state index in [9.17, 15) is 4.79 Å². The first-order valence-corrected chi connectivity index (χ1v) is 6.43. The van der Waals surface area contributed by atoms with E-state index in [0.717, 1.165) is 5.75 Å². The number of nitrogens with zero attached hydrogens (tertiary/aromatic N) is 2. The molecule has 1 heterocycles. The molecule has 1 aromatic heterocycles. The van der Waals surface area contributed by atoms with Gasteiger partial charge in [0.25, 0.3) is 0 Å². The molecule has 0 bridgehead atoms. The van der Waals surface area contributed by atoms with Crippen molar-refractivity contribution in [1.82, 2.24) is 10.2 Å². The second-order valence-electron chi connectivity index (χ2n) is 4.02. The Morgan fingerprint density at radius 2 is 2.25 bits per heavy atom. The molecule has 1 saturated carbocycles. The monoisotopic (exact) mass is 238 g/mol. The van der Waals surface area contributed by atoms with E-state index in [-0.39, 0.29) is 5.56 Å². The molecule has 0 aliphatic heterocycles. The Labute approximate surface area is 98.5 Å². The van der Waals surface area contributed by atoms with Gasteiger partial charge in [-0.25, -0.2) is 4.79 Å². The summed E-state index contributed by atoms with van der Waals surface area (Å²) in [6.45, 7) is 0. The third-order valence-corrected chi connectivity index (χ3v) is 4.06. The normalized spacial score (nSPS) is 16.5. The maximum absolute atomic E-state index is 10.9. The average molecular weight is 238 g/mol. The number of aromatic nitrogens is 2. The zero-order valence-electron chi connectivity index (χ0n) is 8.93. The van der Waals surface area contributed by atoms with Gasteiger partial charge in [-0.05, 0) is 24.8 Å². The Morgan fingerprint density at radius 1 is 1.50 bits per heavy atom. The summed E-state index contributed by atoms with van der Waals surface area (Å²) < 4.78 is 0. The van der Waals surface area contributed by atoms with E-state index in [0.29, 0.717) is 10.9 Å². The number of aromatic carboxylic acids is 1. The second-order valence-corrected chi connectivity index (χ2v) is 5.03. The lowest BCUT2D eigenvalue weighted by molar-refractivity contribution is 0.0692. The Bertz CT molecular complexity index is 378. The molecule has 0 aromatic carbocycles. The van der Waals surface area contributed by atoms with Crippen molar-refractivity contribution < 1.29 is 9.90 Å². The molecule has 0 amide bonds. The third kappa shape index (κ3) is 2.72. The number of carboxylic acids is 1. The van der Waals surface area contributed by atoms with Gasteiger partial charge in [-0.2, -0.15) is 5.10 Å². The lowest BCUT2D eigenvalue weighted by Gasteiger charge is -2.08. The van der Waals surface area contributed by atoms with Gasteiger partial charge in [-0.1, -0.05) is 12.8 Å². The van der Waals surface area contributed by atoms with Crippen LogP contribution in [0.5, 0.6) is 0 Å². The van der Waals surface area contributed by atoms with Crippen molar-refractivity contribution in [2.75, 3.05) is 5.75 Å². The van der Waals surface area contributed by atoms with Crippen LogP contribution in [0, 0.1) is 5.92 Å². The molecule has 5 heteroatoms. The highest BCUT2D eigenvalue weighted by Gasteiger charge is 2.18. The smallest absolute Gasteiger partial charge is 0.338 e. The maximum atomic E-state index is 10.9. The minimum atomic E-state index is -0.927. The van der Waals surface area contributed by atoms with Crippen LogP contribution in [0.2, 0.25) is 0 Å². The van der Waals surface area contributed by atoms with Gasteiger partial charge in [-0.3, -0.25) is 0 Å². The van der Waals surface area contributed by atoms with E-state index in [1.54, 1.807) is 0 Å². The fourth-order valence-electron chi connectivity index (χ4n) is 1.96. The van der Waals surface area contributed by atoms with Gasteiger partial charge in [0.1, 0.15) is 5.03 Å². The van der Waals surface area contributed by atoms with E-state index in [2.05, 4.69) is 10.2 Å². The van der Waals surface area contributed by atoms with Crippen LogP contribution in [0.1, 0.15) is 36.0 Å². The number of carbonyl (C=O) groups is 1. The van der Waals surface area contributed by atoms with E-state index >= 15 is 0 Å². The Balaban J connectivity index is 2.00. The van der Waals surface area contributed by atoms with E-state index in [4.69, 9.17) is 5.11 Å². The van der Waals surface area contributed by atoms with E-state index in [1.807, 2.05) is 0 Å². The zero-order chi connectivity index (χ0) is 11.4. The number of rotatable bonds is 4. The van der Waals surface area contributed by atoms with Gasteiger partial charge in [0, 0.05) is 5.75 Å². The molecule has 16 heavy (non-hydrogen) atoms. The predicted octanol–water partition coefficient (Wildman–Crippen LogP) is 2.46. The minimum Gasteiger partial charge on any atom is -0.478 e. The van der Waals surface area contributed by atoms with Crippen LogP contribution < -0.4 is 0 Å². The standard InChI is InChI=1S/C11H14N2O2S/c14-11(15)9-5-6-12-13-10(9)16-7-8-3-1-2-4-8/h5-6,8H,1-4,7H2,(H,14,15). The van der Waals surface area contributed by atoms with Crippen LogP contribution in [-0.4, -0.2) is 27.0 Å². The van der Waals surface area contributed by atoms with E-state index in [1.165, 1.54) is 49.7 Å². The van der Waals surface area contributed by atoms with Gasteiger partial charge in [0.2, 0.25) is 0 Å². The fraction of sp³-hybridized carbons (Fsp3) is 0.545. The molecule has 1 N–H and O–H groups in total. The quantitative estimate of drug-likeness (QED) is 0.816. The summed E-state index contributed by atoms with van der Waals surface area (Å²) in [5.41, 5.74) is 0.262. The number of carboxylic acid groups (broad SMARTS) is 1.